The van der Waals surface area contributed by atoms with Crippen molar-refractivity contribution < 1.29 is 28.5 Å². The van der Waals surface area contributed by atoms with E-state index in [-0.39, 0.29) is 5.56 Å². The van der Waals surface area contributed by atoms with Crippen LogP contribution in [0.3, 0.4) is 0 Å². The largest absolute Gasteiger partial charge is 0.493 e. The Balaban J connectivity index is 1.99. The van der Waals surface area contributed by atoms with Crippen molar-refractivity contribution in [3.8, 4) is 23.0 Å². The molecule has 0 aliphatic rings. The van der Waals surface area contributed by atoms with Crippen LogP contribution in [0, 0.1) is 0 Å². The van der Waals surface area contributed by atoms with E-state index in [2.05, 4.69) is 24.7 Å². The average molecular weight is 416 g/mol. The number of carbonyl (C=O) groups is 2. The highest BCUT2D eigenvalue weighted by molar-refractivity contribution is 5.97. The lowest BCUT2D eigenvalue weighted by Gasteiger charge is -2.17. The first-order chi connectivity index (χ1) is 14.3. The van der Waals surface area contributed by atoms with Gasteiger partial charge in [-0.2, -0.15) is 0 Å². The number of benzene rings is 2. The summed E-state index contributed by atoms with van der Waals surface area (Å²) >= 11 is 0. The normalized spacial score (nSPS) is 11.4. The molecule has 2 aromatic rings. The van der Waals surface area contributed by atoms with E-state index in [1.165, 1.54) is 39.0 Å². The van der Waals surface area contributed by atoms with Crippen molar-refractivity contribution in [3.05, 3.63) is 47.5 Å². The van der Waals surface area contributed by atoms with Crippen molar-refractivity contribution in [1.82, 2.24) is 10.9 Å². The smallest absolute Gasteiger partial charge is 0.279 e. The molecule has 162 valence electrons. The first kappa shape index (κ1) is 22.9. The molecule has 0 radical (unpaired) electrons. The van der Waals surface area contributed by atoms with Crippen LogP contribution in [0.4, 0.5) is 0 Å². The Labute approximate surface area is 176 Å². The van der Waals surface area contributed by atoms with Gasteiger partial charge in [-0.05, 0) is 42.7 Å². The molecule has 2 rings (SSSR count). The second-order valence-electron chi connectivity index (χ2n) is 6.84. The van der Waals surface area contributed by atoms with Crippen LogP contribution in [0.2, 0.25) is 0 Å². The van der Waals surface area contributed by atoms with Crippen LogP contribution in [0.15, 0.2) is 36.4 Å². The van der Waals surface area contributed by atoms with Crippen molar-refractivity contribution in [2.45, 2.75) is 32.8 Å². The lowest BCUT2D eigenvalue weighted by Crippen LogP contribution is -2.47. The van der Waals surface area contributed by atoms with Crippen molar-refractivity contribution in [1.29, 1.82) is 0 Å². The van der Waals surface area contributed by atoms with Gasteiger partial charge in [0, 0.05) is 5.56 Å². The van der Waals surface area contributed by atoms with Crippen molar-refractivity contribution in [3.63, 3.8) is 0 Å². The van der Waals surface area contributed by atoms with E-state index in [1.807, 2.05) is 24.3 Å². The van der Waals surface area contributed by atoms with Gasteiger partial charge in [0.15, 0.2) is 17.6 Å². The summed E-state index contributed by atoms with van der Waals surface area (Å²) in [5.41, 5.74) is 6.12. The first-order valence-electron chi connectivity index (χ1n) is 9.47. The van der Waals surface area contributed by atoms with E-state index in [4.69, 9.17) is 18.9 Å². The van der Waals surface area contributed by atoms with Crippen molar-refractivity contribution >= 4 is 11.8 Å². The van der Waals surface area contributed by atoms with Gasteiger partial charge in [0.05, 0.1) is 21.3 Å². The number of rotatable bonds is 8. The molecule has 0 aromatic heterocycles. The highest BCUT2D eigenvalue weighted by Crippen LogP contribution is 2.38. The maximum Gasteiger partial charge on any atom is 0.279 e. The molecule has 1 atom stereocenters. The molecule has 8 heteroatoms. The Kier molecular flexibility index (Phi) is 7.91. The fourth-order valence-electron chi connectivity index (χ4n) is 2.69. The summed E-state index contributed by atoms with van der Waals surface area (Å²) in [7, 11) is 4.37. The Morgan fingerprint density at radius 3 is 1.87 bits per heavy atom. The van der Waals surface area contributed by atoms with Gasteiger partial charge in [0.1, 0.15) is 5.75 Å². The maximum atomic E-state index is 12.4. The van der Waals surface area contributed by atoms with Crippen LogP contribution in [0.5, 0.6) is 23.0 Å². The van der Waals surface area contributed by atoms with Gasteiger partial charge in [-0.25, -0.2) is 0 Å². The Morgan fingerprint density at radius 2 is 1.40 bits per heavy atom. The molecule has 0 aliphatic heterocycles. The first-order valence-corrected chi connectivity index (χ1v) is 9.47. The van der Waals surface area contributed by atoms with Crippen LogP contribution in [0.25, 0.3) is 0 Å². The summed E-state index contributed by atoms with van der Waals surface area (Å²) in [5.74, 6) is 0.957. The fourth-order valence-corrected chi connectivity index (χ4v) is 2.69. The highest BCUT2D eigenvalue weighted by atomic mass is 16.5. The third-order valence-electron chi connectivity index (χ3n) is 4.45. The summed E-state index contributed by atoms with van der Waals surface area (Å²) in [5, 5.41) is 0. The molecule has 0 unspecified atom stereocenters. The topological polar surface area (TPSA) is 95.1 Å². The van der Waals surface area contributed by atoms with Gasteiger partial charge >= 0.3 is 0 Å². The minimum atomic E-state index is -0.810. The lowest BCUT2D eigenvalue weighted by atomic mass is 10.0. The zero-order chi connectivity index (χ0) is 22.3. The van der Waals surface area contributed by atoms with E-state index >= 15 is 0 Å². The monoisotopic (exact) mass is 416 g/mol. The Morgan fingerprint density at radius 1 is 0.833 bits per heavy atom. The predicted octanol–water partition coefficient (Wildman–Crippen LogP) is 3.06. The standard InChI is InChI=1S/C22H28N2O6/c1-13(2)15-7-9-17(10-8-15)30-14(3)21(25)23-24-22(26)16-11-18(27-4)20(29-6)19(12-16)28-5/h7-14H,1-6H3,(H,23,25)(H,24,26)/t14-/m1/s1. The number of hydrazine groups is 1. The zero-order valence-electron chi connectivity index (χ0n) is 18.1. The molecule has 0 heterocycles. The molecular formula is C22H28N2O6. The molecule has 0 bridgehead atoms. The van der Waals surface area contributed by atoms with E-state index in [9.17, 15) is 9.59 Å². The highest BCUT2D eigenvalue weighted by Gasteiger charge is 2.19. The van der Waals surface area contributed by atoms with E-state index in [1.54, 1.807) is 6.92 Å². The van der Waals surface area contributed by atoms with Gasteiger partial charge in [-0.1, -0.05) is 26.0 Å². The van der Waals surface area contributed by atoms with E-state index in [0.29, 0.717) is 28.9 Å². The van der Waals surface area contributed by atoms with Crippen LogP contribution in [-0.4, -0.2) is 39.2 Å². The van der Waals surface area contributed by atoms with Crippen molar-refractivity contribution in [2.24, 2.45) is 0 Å². The van der Waals surface area contributed by atoms with E-state index < -0.39 is 17.9 Å². The number of nitrogens with one attached hydrogen (secondary N) is 2. The Hall–Kier alpha value is -3.42. The molecule has 0 fully saturated rings. The van der Waals surface area contributed by atoms with Gasteiger partial charge in [-0.3, -0.25) is 20.4 Å². The summed E-state index contributed by atoms with van der Waals surface area (Å²) in [4.78, 5) is 24.7. The molecule has 2 N–H and O–H groups in total. The molecule has 0 saturated carbocycles. The van der Waals surface area contributed by atoms with Crippen LogP contribution >= 0.6 is 0 Å². The van der Waals surface area contributed by atoms with E-state index in [0.717, 1.165) is 0 Å². The molecule has 0 aliphatic carbocycles. The predicted molar refractivity (Wildman–Crippen MR) is 112 cm³/mol. The number of methoxy groups -OCH3 is 3. The average Bonchev–Trinajstić information content (AvgIpc) is 2.76. The lowest BCUT2D eigenvalue weighted by molar-refractivity contribution is -0.128. The number of ether oxygens (including phenoxy) is 4. The van der Waals surface area contributed by atoms with Crippen LogP contribution in [-0.2, 0) is 4.79 Å². The molecule has 8 nitrogen and oxygen atoms in total. The zero-order valence-corrected chi connectivity index (χ0v) is 18.1. The second kappa shape index (κ2) is 10.4. The number of carbonyl (C=O) groups excluding carboxylic acids is 2. The second-order valence-corrected chi connectivity index (χ2v) is 6.84. The summed E-state index contributed by atoms with van der Waals surface area (Å²) < 4.78 is 21.3. The quantitative estimate of drug-likeness (QED) is 0.642. The van der Waals surface area contributed by atoms with Crippen LogP contribution < -0.4 is 29.8 Å². The molecule has 2 aromatic carbocycles. The Bertz CT molecular complexity index is 855. The van der Waals surface area contributed by atoms with Gasteiger partial charge in [-0.15, -0.1) is 0 Å². The van der Waals surface area contributed by atoms with Crippen LogP contribution in [0.1, 0.15) is 42.6 Å². The number of hydrogen-bond acceptors (Lipinski definition) is 6. The summed E-state index contributed by atoms with van der Waals surface area (Å²) in [6.45, 7) is 5.79. The van der Waals surface area contributed by atoms with Crippen molar-refractivity contribution in [2.75, 3.05) is 21.3 Å². The third kappa shape index (κ3) is 5.56. The summed E-state index contributed by atoms with van der Waals surface area (Å²) in [6.07, 6.45) is -0.810. The fraction of sp³-hybridized carbons (Fsp3) is 0.364. The third-order valence-corrected chi connectivity index (χ3v) is 4.45. The van der Waals surface area contributed by atoms with Gasteiger partial charge in [0.25, 0.3) is 11.8 Å². The SMILES string of the molecule is COc1cc(C(=O)NNC(=O)[C@@H](C)Oc2ccc(C(C)C)cc2)cc(OC)c1OC. The van der Waals surface area contributed by atoms with Gasteiger partial charge in [0.2, 0.25) is 5.75 Å². The minimum Gasteiger partial charge on any atom is -0.493 e. The van der Waals surface area contributed by atoms with Gasteiger partial charge < -0.3 is 18.9 Å². The molecule has 0 saturated heterocycles. The molecule has 30 heavy (non-hydrogen) atoms. The maximum absolute atomic E-state index is 12.4. The number of amides is 2. The molecule has 0 spiro atoms. The molecular weight excluding hydrogens is 388 g/mol. The summed E-state index contributed by atoms with van der Waals surface area (Å²) in [6, 6.07) is 10.5. The number of hydrogen-bond donors (Lipinski definition) is 2. The minimum absolute atomic E-state index is 0.225. The molecule has 2 amide bonds.